The van der Waals surface area contributed by atoms with E-state index < -0.39 is 6.10 Å². The zero-order chi connectivity index (χ0) is 16.5. The second-order valence-corrected chi connectivity index (χ2v) is 4.86. The van der Waals surface area contributed by atoms with Crippen LogP contribution in [0.15, 0.2) is 48.5 Å². The molecule has 0 heterocycles. The molecule has 2 aromatic rings. The summed E-state index contributed by atoms with van der Waals surface area (Å²) in [7, 11) is 0. The lowest BCUT2D eigenvalue weighted by Gasteiger charge is -2.05. The molecule has 0 saturated carbocycles. The van der Waals surface area contributed by atoms with E-state index in [-0.39, 0.29) is 42.7 Å². The van der Waals surface area contributed by atoms with Crippen LogP contribution in [0.25, 0.3) is 0 Å². The number of ketones is 1. The molecule has 126 valence electrons. The number of alkyl halides is 2. The van der Waals surface area contributed by atoms with Gasteiger partial charge in [0.25, 0.3) is 0 Å². The number of halogens is 4. The minimum Gasteiger partial charge on any atom is -0.387 e. The lowest BCUT2D eigenvalue weighted by Crippen LogP contribution is -1.99. The van der Waals surface area contributed by atoms with E-state index in [1.165, 1.54) is 48.5 Å². The molecule has 0 radical (unpaired) electrons. The number of carbonyl (C=O) groups excluding carboxylic acids is 1. The summed E-state index contributed by atoms with van der Waals surface area (Å²) in [5, 5.41) is 9.17. The van der Waals surface area contributed by atoms with Gasteiger partial charge in [-0.15, -0.1) is 23.2 Å². The van der Waals surface area contributed by atoms with E-state index in [0.717, 1.165) is 0 Å². The third kappa shape index (κ3) is 7.79. The van der Waals surface area contributed by atoms with Gasteiger partial charge in [-0.05, 0) is 42.0 Å². The lowest BCUT2D eigenvalue weighted by molar-refractivity contribution is 0.102. The van der Waals surface area contributed by atoms with Crippen LogP contribution in [-0.2, 0) is 0 Å². The Morgan fingerprint density at radius 3 is 1.78 bits per heavy atom. The average Bonchev–Trinajstić information content (AvgIpc) is 2.55. The molecule has 2 rings (SSSR count). The Morgan fingerprint density at radius 2 is 1.39 bits per heavy atom. The number of rotatable bonds is 4. The topological polar surface area (TPSA) is 37.3 Å². The zero-order valence-electron chi connectivity index (χ0n) is 12.0. The van der Waals surface area contributed by atoms with Crippen LogP contribution in [-0.4, -0.2) is 22.6 Å². The second-order valence-electron chi connectivity index (χ2n) is 4.29. The van der Waals surface area contributed by atoms with E-state index in [2.05, 4.69) is 0 Å². The number of aliphatic hydroxyl groups excluding tert-OH is 1. The van der Waals surface area contributed by atoms with E-state index in [9.17, 15) is 13.6 Å². The maximum absolute atomic E-state index is 12.3. The van der Waals surface area contributed by atoms with Crippen molar-refractivity contribution in [2.75, 3.05) is 11.8 Å². The van der Waals surface area contributed by atoms with Crippen molar-refractivity contribution in [3.63, 3.8) is 0 Å². The first kappa shape index (κ1) is 21.9. The molecule has 0 aliphatic rings. The van der Waals surface area contributed by atoms with Crippen molar-refractivity contribution >= 4 is 42.5 Å². The Bertz CT molecular complexity index is 592. The summed E-state index contributed by atoms with van der Waals surface area (Å²) >= 11 is 10.7. The van der Waals surface area contributed by atoms with Crippen molar-refractivity contribution in [3.8, 4) is 0 Å². The molecule has 0 aliphatic carbocycles. The summed E-state index contributed by atoms with van der Waals surface area (Å²) in [4.78, 5) is 10.9. The molecule has 0 unspecified atom stereocenters. The molecular weight excluding hydrogens is 365 g/mol. The Morgan fingerprint density at radius 1 is 0.957 bits per heavy atom. The molecule has 2 aromatic carbocycles. The highest BCUT2D eigenvalue weighted by molar-refractivity contribution is 7.59. The summed E-state index contributed by atoms with van der Waals surface area (Å²) in [6.07, 6.45) is -0.697. The highest BCUT2D eigenvalue weighted by Gasteiger charge is 2.04. The number of benzene rings is 2. The summed E-state index contributed by atoms with van der Waals surface area (Å²) < 4.78 is 24.6. The Balaban J connectivity index is 0.000000403. The van der Waals surface area contributed by atoms with Crippen LogP contribution in [0.2, 0.25) is 0 Å². The van der Waals surface area contributed by atoms with Gasteiger partial charge in [0.05, 0.1) is 17.9 Å². The van der Waals surface area contributed by atoms with Crippen molar-refractivity contribution in [1.82, 2.24) is 0 Å². The molecule has 0 aliphatic heterocycles. The van der Waals surface area contributed by atoms with E-state index >= 15 is 0 Å². The van der Waals surface area contributed by atoms with Crippen LogP contribution in [0, 0.1) is 11.6 Å². The minimum atomic E-state index is -0.697. The van der Waals surface area contributed by atoms with Gasteiger partial charge in [-0.3, -0.25) is 4.79 Å². The first-order valence-electron chi connectivity index (χ1n) is 6.32. The van der Waals surface area contributed by atoms with Crippen LogP contribution in [0.3, 0.4) is 0 Å². The van der Waals surface area contributed by atoms with Crippen LogP contribution >= 0.6 is 36.7 Å². The molecule has 0 amide bonds. The maximum atomic E-state index is 12.3. The molecule has 0 saturated heterocycles. The third-order valence-corrected chi connectivity index (χ3v) is 3.22. The second kappa shape index (κ2) is 11.4. The highest BCUT2D eigenvalue weighted by Crippen LogP contribution is 2.14. The Labute approximate surface area is 150 Å². The van der Waals surface area contributed by atoms with Gasteiger partial charge >= 0.3 is 0 Å². The molecule has 0 bridgehead atoms. The van der Waals surface area contributed by atoms with Crippen LogP contribution < -0.4 is 0 Å². The zero-order valence-corrected chi connectivity index (χ0v) is 14.5. The van der Waals surface area contributed by atoms with Crippen molar-refractivity contribution in [2.45, 2.75) is 6.10 Å². The van der Waals surface area contributed by atoms with Crippen molar-refractivity contribution < 1.29 is 18.7 Å². The predicted octanol–water partition coefficient (Wildman–Crippen LogP) is 4.46. The number of hydrogen-bond donors (Lipinski definition) is 1. The quantitative estimate of drug-likeness (QED) is 0.627. The van der Waals surface area contributed by atoms with E-state index in [1.807, 2.05) is 0 Å². The molecule has 1 atom stereocenters. The standard InChI is InChI=1S/C8H8ClFO.C8H6ClFO.H2S/c2*9-5-8(11)6-1-3-7(10)4-2-6;/h1-4,8,11H,5H2;1-4H,5H2;1H2/t8-;;/m1../s1. The van der Waals surface area contributed by atoms with Gasteiger partial charge in [0.1, 0.15) is 11.6 Å². The van der Waals surface area contributed by atoms with Crippen molar-refractivity contribution in [1.29, 1.82) is 0 Å². The third-order valence-electron chi connectivity index (χ3n) is 2.69. The fourth-order valence-electron chi connectivity index (χ4n) is 1.49. The predicted molar refractivity (Wildman–Crippen MR) is 93.9 cm³/mol. The summed E-state index contributed by atoms with van der Waals surface area (Å²) in [5.74, 6) is -0.782. The average molecular weight is 381 g/mol. The van der Waals surface area contributed by atoms with Gasteiger partial charge in [0, 0.05) is 5.56 Å². The Hall–Kier alpha value is -1.14. The van der Waals surface area contributed by atoms with E-state index in [1.54, 1.807) is 0 Å². The van der Waals surface area contributed by atoms with Crippen molar-refractivity contribution in [3.05, 3.63) is 71.3 Å². The number of hydrogen-bond acceptors (Lipinski definition) is 2. The number of aliphatic hydroxyl groups is 1. The van der Waals surface area contributed by atoms with Gasteiger partial charge in [-0.2, -0.15) is 13.5 Å². The maximum Gasteiger partial charge on any atom is 0.177 e. The smallest absolute Gasteiger partial charge is 0.177 e. The molecule has 7 heteroatoms. The van der Waals surface area contributed by atoms with Gasteiger partial charge in [0.2, 0.25) is 0 Å². The van der Waals surface area contributed by atoms with Gasteiger partial charge in [0.15, 0.2) is 5.78 Å². The fourth-order valence-corrected chi connectivity index (χ4v) is 1.82. The first-order chi connectivity index (χ1) is 10.5. The Kier molecular flexibility index (Phi) is 10.8. The molecule has 0 aromatic heterocycles. The van der Waals surface area contributed by atoms with Crippen LogP contribution in [0.1, 0.15) is 22.0 Å². The fraction of sp³-hybridized carbons (Fsp3) is 0.188. The minimum absolute atomic E-state index is 0. The molecule has 2 nitrogen and oxygen atoms in total. The van der Waals surface area contributed by atoms with Crippen molar-refractivity contribution in [2.24, 2.45) is 0 Å². The van der Waals surface area contributed by atoms with Gasteiger partial charge in [-0.25, -0.2) is 8.78 Å². The number of carbonyl (C=O) groups is 1. The summed E-state index contributed by atoms with van der Waals surface area (Å²) in [6.45, 7) is 0. The molecule has 0 spiro atoms. The molecular formula is C16H16Cl2F2O2S. The number of Topliss-reactive ketones (excluding diaryl/α,β-unsaturated/α-hetero) is 1. The lowest BCUT2D eigenvalue weighted by atomic mass is 10.1. The first-order valence-corrected chi connectivity index (χ1v) is 7.39. The summed E-state index contributed by atoms with van der Waals surface area (Å²) in [6, 6.07) is 10.9. The molecule has 1 N–H and O–H groups in total. The van der Waals surface area contributed by atoms with E-state index in [0.29, 0.717) is 11.1 Å². The normalized spacial score (nSPS) is 10.8. The SMILES string of the molecule is O=C(CCl)c1ccc(F)cc1.O[C@H](CCl)c1ccc(F)cc1.S. The van der Waals surface area contributed by atoms with Gasteiger partial charge < -0.3 is 5.11 Å². The van der Waals surface area contributed by atoms with E-state index in [4.69, 9.17) is 28.3 Å². The van der Waals surface area contributed by atoms with Gasteiger partial charge in [-0.1, -0.05) is 12.1 Å². The van der Waals surface area contributed by atoms with Crippen LogP contribution in [0.5, 0.6) is 0 Å². The van der Waals surface area contributed by atoms with Crippen LogP contribution in [0.4, 0.5) is 8.78 Å². The monoisotopic (exact) mass is 380 g/mol. The molecule has 23 heavy (non-hydrogen) atoms. The highest BCUT2D eigenvalue weighted by atomic mass is 35.5. The largest absolute Gasteiger partial charge is 0.387 e. The molecule has 0 fully saturated rings. The summed E-state index contributed by atoms with van der Waals surface area (Å²) in [5.41, 5.74) is 1.09.